The van der Waals surface area contributed by atoms with Gasteiger partial charge in [-0.2, -0.15) is 5.10 Å². The van der Waals surface area contributed by atoms with Gasteiger partial charge in [0.15, 0.2) is 11.3 Å². The molecule has 0 atom stereocenters. The van der Waals surface area contributed by atoms with E-state index in [2.05, 4.69) is 20.1 Å². The zero-order valence-electron chi connectivity index (χ0n) is 18.0. The molecule has 0 unspecified atom stereocenters. The van der Waals surface area contributed by atoms with E-state index in [1.54, 1.807) is 42.1 Å². The molecule has 0 aliphatic heterocycles. The van der Waals surface area contributed by atoms with Gasteiger partial charge in [-0.25, -0.2) is 19.2 Å². The van der Waals surface area contributed by atoms with Gasteiger partial charge in [-0.05, 0) is 22.6 Å². The topological polar surface area (TPSA) is 260 Å². The quantitative estimate of drug-likeness (QED) is 0.257. The summed E-state index contributed by atoms with van der Waals surface area (Å²) in [5.74, 6) is 0.160. The lowest BCUT2D eigenvalue weighted by Gasteiger charge is -2.07. The molecule has 0 aliphatic rings. The first kappa shape index (κ1) is 25.8. The molecule has 4 rings (SSSR count). The van der Waals surface area contributed by atoms with Gasteiger partial charge < -0.3 is 25.1 Å². The highest BCUT2D eigenvalue weighted by molar-refractivity contribution is 5.88. The maximum absolute atomic E-state index is 11.1. The van der Waals surface area contributed by atoms with Gasteiger partial charge in [-0.1, -0.05) is 0 Å². The van der Waals surface area contributed by atoms with Gasteiger partial charge >= 0.3 is 5.82 Å². The maximum Gasteiger partial charge on any atom is 0.342 e. The molecule has 4 aromatic rings. The van der Waals surface area contributed by atoms with E-state index >= 15 is 0 Å². The van der Waals surface area contributed by atoms with Crippen LogP contribution in [-0.2, 0) is 20.6 Å². The van der Waals surface area contributed by atoms with Crippen LogP contribution in [0, 0.1) is 35.8 Å². The van der Waals surface area contributed by atoms with Crippen molar-refractivity contribution in [2.45, 2.75) is 6.54 Å². The number of nitrogens with zero attached hydrogens (tertiary/aromatic N) is 10. The minimum atomic E-state index is -1.50. The van der Waals surface area contributed by atoms with E-state index in [9.17, 15) is 10.1 Å². The summed E-state index contributed by atoms with van der Waals surface area (Å²) < 4.78 is 4.57. The highest BCUT2D eigenvalue weighted by Crippen LogP contribution is 2.25. The summed E-state index contributed by atoms with van der Waals surface area (Å²) in [6.07, 6.45) is 6.14. The number of aromatic nitrogens is 7. The van der Waals surface area contributed by atoms with Crippen molar-refractivity contribution in [3.8, 4) is 11.5 Å². The molecule has 35 heavy (non-hydrogen) atoms. The summed E-state index contributed by atoms with van der Waals surface area (Å²) in [5.41, 5.74) is 2.06. The molecule has 0 saturated carbocycles. The van der Waals surface area contributed by atoms with Crippen LogP contribution in [0.15, 0.2) is 37.1 Å². The van der Waals surface area contributed by atoms with Gasteiger partial charge in [0, 0.05) is 19.4 Å². The molecule has 0 aliphatic carbocycles. The Bertz CT molecular complexity index is 1410. The molecule has 0 fully saturated rings. The van der Waals surface area contributed by atoms with Gasteiger partial charge in [-0.15, -0.1) is 20.2 Å². The normalized spacial score (nSPS) is 10.0. The highest BCUT2D eigenvalue weighted by atomic mass is 16.9. The second-order valence-corrected chi connectivity index (χ2v) is 6.48. The van der Waals surface area contributed by atoms with E-state index in [0.29, 0.717) is 29.1 Å². The molecule has 0 saturated heterocycles. The average molecular weight is 491 g/mol. The van der Waals surface area contributed by atoms with Gasteiger partial charge in [-0.3, -0.25) is 10.4 Å². The number of aryl methyl sites for hydroxylation is 1. The van der Waals surface area contributed by atoms with Crippen molar-refractivity contribution in [1.29, 1.82) is 5.41 Å². The van der Waals surface area contributed by atoms with Crippen LogP contribution in [0.5, 0.6) is 0 Å². The number of hydrogen-bond acceptors (Lipinski definition) is 11. The van der Waals surface area contributed by atoms with Crippen molar-refractivity contribution in [2.24, 2.45) is 14.1 Å². The lowest BCUT2D eigenvalue weighted by atomic mass is 10.2. The number of nitrogens with one attached hydrogen (secondary N) is 1. The molecule has 19 nitrogen and oxygen atoms in total. The maximum atomic E-state index is 11.1. The highest BCUT2D eigenvalue weighted by Gasteiger charge is 2.25. The summed E-state index contributed by atoms with van der Waals surface area (Å²) in [7, 11) is 3.26. The van der Waals surface area contributed by atoms with Gasteiger partial charge in [0.1, 0.15) is 11.7 Å². The molecule has 0 aromatic carbocycles. The van der Waals surface area contributed by atoms with Crippen LogP contribution in [0.3, 0.4) is 0 Å². The fourth-order valence-electron chi connectivity index (χ4n) is 2.96. The number of nitro groups is 1. The third-order valence-corrected chi connectivity index (χ3v) is 4.33. The molecule has 0 bridgehead atoms. The SMILES string of the molecule is Cn1c([N+](=O)[O-])cnc1-c1nn(C)c2ncn(Cc3ccncc3)c(=N)c12.O=[N+]([O-])O.O=[N+]([O-])O. The number of pyridine rings is 1. The van der Waals surface area contributed by atoms with Crippen molar-refractivity contribution >= 4 is 16.9 Å². The first-order chi connectivity index (χ1) is 16.4. The standard InChI is InChI=1S/C16H15N9O2.2HNO3/c1-22-11(25(26)27)7-19-16(22)13-12-14(17)24(8-10-3-5-18-6-4-10)9-20-15(12)23(2)21-13;2*2-1(3)4/h3-7,9,17H,8H2,1-2H3;2*(H,2,3,4). The first-order valence-corrected chi connectivity index (χ1v) is 9.12. The van der Waals surface area contributed by atoms with Crippen LogP contribution in [0.1, 0.15) is 5.56 Å². The van der Waals surface area contributed by atoms with Crippen molar-refractivity contribution in [1.82, 2.24) is 33.9 Å². The van der Waals surface area contributed by atoms with Gasteiger partial charge in [0.2, 0.25) is 5.82 Å². The monoisotopic (exact) mass is 491 g/mol. The number of fused-ring (bicyclic) bond motifs is 1. The Morgan fingerprint density at radius 2 is 1.60 bits per heavy atom. The lowest BCUT2D eigenvalue weighted by molar-refractivity contribution is -0.742. The Hall–Kier alpha value is -5.49. The second-order valence-electron chi connectivity index (χ2n) is 6.48. The van der Waals surface area contributed by atoms with E-state index in [0.717, 1.165) is 5.56 Å². The summed E-state index contributed by atoms with van der Waals surface area (Å²) in [5, 5.41) is 51.9. The molecule has 3 N–H and O–H groups in total. The summed E-state index contributed by atoms with van der Waals surface area (Å²) >= 11 is 0. The molecule has 19 heteroatoms. The Kier molecular flexibility index (Phi) is 8.02. The Morgan fingerprint density at radius 3 is 2.11 bits per heavy atom. The molecule has 4 heterocycles. The smallest absolute Gasteiger partial charge is 0.342 e. The van der Waals surface area contributed by atoms with E-state index in [-0.39, 0.29) is 11.3 Å². The van der Waals surface area contributed by atoms with E-state index < -0.39 is 15.1 Å². The van der Waals surface area contributed by atoms with Crippen molar-refractivity contribution in [3.05, 3.63) is 78.4 Å². The van der Waals surface area contributed by atoms with Crippen LogP contribution < -0.4 is 5.49 Å². The van der Waals surface area contributed by atoms with E-state index in [4.69, 9.17) is 36.1 Å². The number of imidazole rings is 1. The molecule has 184 valence electrons. The zero-order chi connectivity index (χ0) is 26.3. The van der Waals surface area contributed by atoms with Crippen molar-refractivity contribution in [3.63, 3.8) is 0 Å². The molecular weight excluding hydrogens is 474 g/mol. The van der Waals surface area contributed by atoms with Gasteiger partial charge in [0.05, 0.1) is 25.3 Å². The fourth-order valence-corrected chi connectivity index (χ4v) is 2.96. The van der Waals surface area contributed by atoms with Crippen LogP contribution in [0.25, 0.3) is 22.6 Å². The molecule has 0 spiro atoms. The second kappa shape index (κ2) is 10.9. The molecule has 4 aromatic heterocycles. The Labute approximate surface area is 193 Å². The van der Waals surface area contributed by atoms with E-state index in [1.165, 1.54) is 10.8 Å². The predicted octanol–water partition coefficient (Wildman–Crippen LogP) is 0.306. The van der Waals surface area contributed by atoms with Crippen LogP contribution in [0.4, 0.5) is 5.82 Å². The zero-order valence-corrected chi connectivity index (χ0v) is 18.0. The largest absolute Gasteiger partial charge is 0.358 e. The summed E-state index contributed by atoms with van der Waals surface area (Å²) in [6.45, 7) is 0.444. The minimum Gasteiger partial charge on any atom is -0.358 e. The Balaban J connectivity index is 0.000000473. The lowest BCUT2D eigenvalue weighted by Crippen LogP contribution is -2.21. The van der Waals surface area contributed by atoms with Gasteiger partial charge in [0.25, 0.3) is 10.2 Å². The minimum absolute atomic E-state index is 0.149. The van der Waals surface area contributed by atoms with Crippen molar-refractivity contribution < 1.29 is 25.5 Å². The summed E-state index contributed by atoms with van der Waals surface area (Å²) in [6, 6.07) is 3.73. The first-order valence-electron chi connectivity index (χ1n) is 9.12. The van der Waals surface area contributed by atoms with Crippen LogP contribution in [-0.4, -0.2) is 59.4 Å². The Morgan fingerprint density at radius 1 is 1.03 bits per heavy atom. The number of rotatable bonds is 4. The van der Waals surface area contributed by atoms with E-state index in [1.807, 2.05) is 12.1 Å². The molecule has 0 radical (unpaired) electrons. The third-order valence-electron chi connectivity index (χ3n) is 4.33. The summed E-state index contributed by atoms with van der Waals surface area (Å²) in [4.78, 5) is 39.9. The predicted molar refractivity (Wildman–Crippen MR) is 112 cm³/mol. The fraction of sp³-hybridized carbons (Fsp3) is 0.188. The van der Waals surface area contributed by atoms with Crippen LogP contribution in [0.2, 0.25) is 0 Å². The van der Waals surface area contributed by atoms with Crippen LogP contribution >= 0.6 is 0 Å². The third kappa shape index (κ3) is 6.27. The average Bonchev–Trinajstić information content (AvgIpc) is 3.30. The van der Waals surface area contributed by atoms with Crippen molar-refractivity contribution in [2.75, 3.05) is 0 Å². The molecule has 0 amide bonds. The molecular formula is C16H17N11O8. The number of hydrogen-bond donors (Lipinski definition) is 3.